The number of rotatable bonds is 7. The van der Waals surface area contributed by atoms with Gasteiger partial charge in [0.2, 0.25) is 5.91 Å². The monoisotopic (exact) mass is 230 g/mol. The smallest absolute Gasteiger partial charge is 0.334 e. The topological polar surface area (TPSA) is 124 Å². The van der Waals surface area contributed by atoms with Crippen LogP contribution >= 0.6 is 0 Å². The van der Waals surface area contributed by atoms with Gasteiger partial charge < -0.3 is 15.2 Å². The van der Waals surface area contributed by atoms with Crippen molar-refractivity contribution in [2.24, 2.45) is 5.11 Å². The maximum atomic E-state index is 11.0. The number of aliphatic hydroxyl groups excluding tert-OH is 1. The van der Waals surface area contributed by atoms with Gasteiger partial charge >= 0.3 is 5.97 Å². The lowest BCUT2D eigenvalue weighted by molar-refractivity contribution is -0.152. The van der Waals surface area contributed by atoms with E-state index in [0.29, 0.717) is 0 Å². The standard InChI is InChI=1S/C8H14N4O4/c1-6(13)8(15)16-5-4-10-7(14)2-3-11-12-9/h6,13H,2-5H2,1H3,(H,10,14). The number of ether oxygens (including phenoxy) is 1. The van der Waals surface area contributed by atoms with E-state index in [0.717, 1.165) is 0 Å². The summed E-state index contributed by atoms with van der Waals surface area (Å²) in [5.74, 6) is -1.02. The van der Waals surface area contributed by atoms with Crippen LogP contribution in [0.15, 0.2) is 5.11 Å². The molecule has 0 aromatic carbocycles. The number of hydrogen-bond donors (Lipinski definition) is 2. The van der Waals surface area contributed by atoms with Gasteiger partial charge in [0, 0.05) is 17.9 Å². The van der Waals surface area contributed by atoms with Gasteiger partial charge in [-0.1, -0.05) is 5.11 Å². The molecule has 0 fully saturated rings. The van der Waals surface area contributed by atoms with Crippen LogP contribution in [0.1, 0.15) is 13.3 Å². The average molecular weight is 230 g/mol. The molecule has 0 bridgehead atoms. The Kier molecular flexibility index (Phi) is 7.56. The third-order valence-corrected chi connectivity index (χ3v) is 1.51. The Labute approximate surface area is 92.2 Å². The van der Waals surface area contributed by atoms with Gasteiger partial charge in [0.15, 0.2) is 0 Å². The Morgan fingerprint density at radius 3 is 2.88 bits per heavy atom. The molecule has 0 aromatic heterocycles. The van der Waals surface area contributed by atoms with E-state index in [4.69, 9.17) is 10.6 Å². The van der Waals surface area contributed by atoms with Crippen molar-refractivity contribution in [3.05, 3.63) is 10.4 Å². The number of nitrogens with zero attached hydrogens (tertiary/aromatic N) is 3. The highest BCUT2D eigenvalue weighted by molar-refractivity contribution is 5.76. The van der Waals surface area contributed by atoms with Crippen molar-refractivity contribution in [1.29, 1.82) is 0 Å². The van der Waals surface area contributed by atoms with E-state index < -0.39 is 12.1 Å². The average Bonchev–Trinajstić information content (AvgIpc) is 2.24. The zero-order valence-electron chi connectivity index (χ0n) is 8.92. The Morgan fingerprint density at radius 1 is 1.62 bits per heavy atom. The van der Waals surface area contributed by atoms with Crippen molar-refractivity contribution < 1.29 is 19.4 Å². The Bertz CT molecular complexity index is 286. The summed E-state index contributed by atoms with van der Waals surface area (Å²) in [5.41, 5.74) is 7.95. The number of esters is 1. The molecule has 0 radical (unpaired) electrons. The summed E-state index contributed by atoms with van der Waals surface area (Å²) in [6.45, 7) is 1.54. The van der Waals surface area contributed by atoms with Crippen molar-refractivity contribution in [3.8, 4) is 0 Å². The first-order valence-corrected chi connectivity index (χ1v) is 4.70. The molecule has 0 saturated carbocycles. The molecular formula is C8H14N4O4. The highest BCUT2D eigenvalue weighted by atomic mass is 16.5. The van der Waals surface area contributed by atoms with E-state index >= 15 is 0 Å². The fourth-order valence-electron chi connectivity index (χ4n) is 0.747. The van der Waals surface area contributed by atoms with Crippen LogP contribution < -0.4 is 5.32 Å². The lowest BCUT2D eigenvalue weighted by Crippen LogP contribution is -2.30. The van der Waals surface area contributed by atoms with Crippen molar-refractivity contribution in [1.82, 2.24) is 5.32 Å². The van der Waals surface area contributed by atoms with Crippen LogP contribution in [-0.2, 0) is 14.3 Å². The second kappa shape index (κ2) is 8.51. The van der Waals surface area contributed by atoms with Crippen LogP contribution in [0.2, 0.25) is 0 Å². The van der Waals surface area contributed by atoms with Crippen LogP contribution in [0, 0.1) is 0 Å². The molecule has 1 amide bonds. The highest BCUT2D eigenvalue weighted by Gasteiger charge is 2.09. The number of azide groups is 1. The lowest BCUT2D eigenvalue weighted by Gasteiger charge is -2.07. The van der Waals surface area contributed by atoms with Crippen LogP contribution in [0.25, 0.3) is 10.4 Å². The van der Waals surface area contributed by atoms with E-state index in [1.54, 1.807) is 0 Å². The minimum absolute atomic E-state index is 0.00298. The van der Waals surface area contributed by atoms with Crippen molar-refractivity contribution in [3.63, 3.8) is 0 Å². The van der Waals surface area contributed by atoms with Gasteiger partial charge in [-0.3, -0.25) is 4.79 Å². The lowest BCUT2D eigenvalue weighted by atomic mass is 10.4. The van der Waals surface area contributed by atoms with Gasteiger partial charge in [0.25, 0.3) is 0 Å². The number of hydrogen-bond acceptors (Lipinski definition) is 5. The molecule has 0 heterocycles. The summed E-state index contributed by atoms with van der Waals surface area (Å²) < 4.78 is 4.59. The maximum absolute atomic E-state index is 11.0. The number of carbonyl (C=O) groups excluding carboxylic acids is 2. The van der Waals surface area contributed by atoms with Gasteiger partial charge in [-0.2, -0.15) is 0 Å². The van der Waals surface area contributed by atoms with Crippen molar-refractivity contribution in [2.45, 2.75) is 19.4 Å². The number of carbonyl (C=O) groups is 2. The molecule has 0 rings (SSSR count). The molecular weight excluding hydrogens is 216 g/mol. The molecule has 1 atom stereocenters. The molecule has 90 valence electrons. The second-order valence-corrected chi connectivity index (χ2v) is 2.90. The summed E-state index contributed by atoms with van der Waals surface area (Å²) >= 11 is 0. The van der Waals surface area contributed by atoms with Gasteiger partial charge in [0.05, 0.1) is 6.54 Å². The molecule has 0 aliphatic rings. The largest absolute Gasteiger partial charge is 0.462 e. The Balaban J connectivity index is 3.48. The quantitative estimate of drug-likeness (QED) is 0.205. The fraction of sp³-hybridized carbons (Fsp3) is 0.750. The van der Waals surface area contributed by atoms with Crippen LogP contribution in [0.5, 0.6) is 0 Å². The van der Waals surface area contributed by atoms with E-state index in [1.165, 1.54) is 6.92 Å². The molecule has 0 saturated heterocycles. The molecule has 16 heavy (non-hydrogen) atoms. The Morgan fingerprint density at radius 2 is 2.31 bits per heavy atom. The van der Waals surface area contributed by atoms with E-state index in [1.807, 2.05) is 0 Å². The molecule has 0 aliphatic carbocycles. The summed E-state index contributed by atoms with van der Waals surface area (Å²) in [6.07, 6.45) is -1.07. The van der Waals surface area contributed by atoms with Crippen LogP contribution in [-0.4, -0.2) is 42.8 Å². The highest BCUT2D eigenvalue weighted by Crippen LogP contribution is 1.86. The fourth-order valence-corrected chi connectivity index (χ4v) is 0.747. The molecule has 0 aromatic rings. The molecule has 1 unspecified atom stereocenters. The Hall–Kier alpha value is -1.79. The molecule has 8 heteroatoms. The first kappa shape index (κ1) is 14.2. The minimum atomic E-state index is -1.17. The van der Waals surface area contributed by atoms with Gasteiger partial charge in [0.1, 0.15) is 12.7 Å². The van der Waals surface area contributed by atoms with Gasteiger partial charge in [-0.25, -0.2) is 4.79 Å². The van der Waals surface area contributed by atoms with Crippen molar-refractivity contribution in [2.75, 3.05) is 19.7 Å². The summed E-state index contributed by atoms with van der Waals surface area (Å²) in [7, 11) is 0. The summed E-state index contributed by atoms with van der Waals surface area (Å²) in [4.78, 5) is 24.3. The molecule has 0 spiro atoms. The first-order valence-electron chi connectivity index (χ1n) is 4.70. The molecule has 8 nitrogen and oxygen atoms in total. The molecule has 0 aliphatic heterocycles. The summed E-state index contributed by atoms with van der Waals surface area (Å²) in [6, 6.07) is 0. The zero-order chi connectivity index (χ0) is 12.4. The third kappa shape index (κ3) is 7.60. The zero-order valence-corrected chi connectivity index (χ0v) is 8.92. The SMILES string of the molecule is CC(O)C(=O)OCCNC(=O)CCN=[N+]=[N-]. The predicted octanol–water partition coefficient (Wildman–Crippen LogP) is -0.273. The number of amides is 1. The summed E-state index contributed by atoms with van der Waals surface area (Å²) in [5, 5.41) is 14.4. The normalized spacial score (nSPS) is 11.1. The first-order chi connectivity index (χ1) is 7.57. The van der Waals surface area contributed by atoms with Crippen LogP contribution in [0.4, 0.5) is 0 Å². The van der Waals surface area contributed by atoms with E-state index in [2.05, 4.69) is 20.1 Å². The van der Waals surface area contributed by atoms with Gasteiger partial charge in [-0.15, -0.1) is 0 Å². The van der Waals surface area contributed by atoms with Crippen LogP contribution in [0.3, 0.4) is 0 Å². The predicted molar refractivity (Wildman–Crippen MR) is 54.3 cm³/mol. The third-order valence-electron chi connectivity index (χ3n) is 1.51. The van der Waals surface area contributed by atoms with Crippen molar-refractivity contribution >= 4 is 11.9 Å². The number of nitrogens with one attached hydrogen (secondary N) is 1. The second-order valence-electron chi connectivity index (χ2n) is 2.90. The molecule has 2 N–H and O–H groups in total. The maximum Gasteiger partial charge on any atom is 0.334 e. The van der Waals surface area contributed by atoms with Gasteiger partial charge in [-0.05, 0) is 12.5 Å². The van der Waals surface area contributed by atoms with E-state index in [9.17, 15) is 9.59 Å². The van der Waals surface area contributed by atoms with E-state index in [-0.39, 0.29) is 32.0 Å². The number of aliphatic hydroxyl groups is 1. The minimum Gasteiger partial charge on any atom is -0.462 e.